The Morgan fingerprint density at radius 3 is 2.33 bits per heavy atom. The van der Waals surface area contributed by atoms with Crippen molar-refractivity contribution in [3.8, 4) is 0 Å². The molecule has 0 spiro atoms. The van der Waals surface area contributed by atoms with E-state index in [-0.39, 0.29) is 11.9 Å². The van der Waals surface area contributed by atoms with Crippen molar-refractivity contribution in [3.05, 3.63) is 0 Å². The van der Waals surface area contributed by atoms with Crippen LogP contribution >= 0.6 is 0 Å². The molecule has 3 N–H and O–H groups in total. The van der Waals surface area contributed by atoms with Crippen LogP contribution < -0.4 is 16.0 Å². The van der Waals surface area contributed by atoms with Gasteiger partial charge >= 0.3 is 6.03 Å². The van der Waals surface area contributed by atoms with Crippen LogP contribution in [0.25, 0.3) is 0 Å². The second-order valence-electron chi connectivity index (χ2n) is 4.93. The van der Waals surface area contributed by atoms with Crippen LogP contribution in [0.3, 0.4) is 0 Å². The Balaban J connectivity index is 2.31. The second kappa shape index (κ2) is 8.08. The van der Waals surface area contributed by atoms with Gasteiger partial charge in [-0.3, -0.25) is 10.1 Å². The van der Waals surface area contributed by atoms with Gasteiger partial charge in [-0.05, 0) is 26.7 Å². The molecule has 1 aliphatic rings. The van der Waals surface area contributed by atoms with E-state index in [9.17, 15) is 9.59 Å². The minimum absolute atomic E-state index is 0.259. The fraction of sp³-hybridized carbons (Fsp3) is 0.846. The van der Waals surface area contributed by atoms with Crippen molar-refractivity contribution in [3.63, 3.8) is 0 Å². The topological polar surface area (TPSA) is 70.2 Å². The van der Waals surface area contributed by atoms with E-state index in [1.807, 2.05) is 6.92 Å². The lowest BCUT2D eigenvalue weighted by atomic mass is 10.1. The molecule has 5 heteroatoms. The number of amides is 3. The van der Waals surface area contributed by atoms with Crippen molar-refractivity contribution < 1.29 is 9.59 Å². The summed E-state index contributed by atoms with van der Waals surface area (Å²) >= 11 is 0. The molecule has 1 fully saturated rings. The highest BCUT2D eigenvalue weighted by atomic mass is 16.2. The van der Waals surface area contributed by atoms with Crippen LogP contribution in [0.2, 0.25) is 0 Å². The van der Waals surface area contributed by atoms with Crippen molar-refractivity contribution in [2.24, 2.45) is 0 Å². The van der Waals surface area contributed by atoms with Crippen molar-refractivity contribution in [2.75, 3.05) is 6.54 Å². The number of carbonyl (C=O) groups is 2. The highest BCUT2D eigenvalue weighted by Crippen LogP contribution is 2.17. The minimum Gasteiger partial charge on any atom is -0.338 e. The molecule has 0 aromatic heterocycles. The van der Waals surface area contributed by atoms with E-state index < -0.39 is 6.03 Å². The van der Waals surface area contributed by atoms with Gasteiger partial charge in [-0.1, -0.05) is 25.7 Å². The normalized spacial score (nSPS) is 18.8. The van der Waals surface area contributed by atoms with Crippen molar-refractivity contribution in [2.45, 2.75) is 64.5 Å². The van der Waals surface area contributed by atoms with Gasteiger partial charge in [0.05, 0.1) is 6.04 Å². The van der Waals surface area contributed by atoms with Crippen LogP contribution in [0, 0.1) is 0 Å². The molecule has 104 valence electrons. The van der Waals surface area contributed by atoms with Gasteiger partial charge in [0.15, 0.2) is 0 Å². The lowest BCUT2D eigenvalue weighted by molar-refractivity contribution is -0.121. The van der Waals surface area contributed by atoms with Gasteiger partial charge in [-0.25, -0.2) is 4.79 Å². The molecule has 3 amide bonds. The summed E-state index contributed by atoms with van der Waals surface area (Å²) in [5.41, 5.74) is 0. The molecule has 0 bridgehead atoms. The van der Waals surface area contributed by atoms with Crippen LogP contribution in [-0.2, 0) is 4.79 Å². The van der Waals surface area contributed by atoms with Gasteiger partial charge in [0.25, 0.3) is 0 Å². The Hall–Kier alpha value is -1.10. The zero-order chi connectivity index (χ0) is 13.4. The van der Waals surface area contributed by atoms with Gasteiger partial charge in [0.1, 0.15) is 0 Å². The fourth-order valence-corrected chi connectivity index (χ4v) is 2.30. The quantitative estimate of drug-likeness (QED) is 0.667. The van der Waals surface area contributed by atoms with Crippen LogP contribution in [-0.4, -0.2) is 30.6 Å². The number of hydrogen-bond donors (Lipinski definition) is 3. The second-order valence-corrected chi connectivity index (χ2v) is 4.93. The molecule has 0 radical (unpaired) electrons. The highest BCUT2D eigenvalue weighted by molar-refractivity contribution is 5.96. The molecule has 0 aromatic carbocycles. The smallest absolute Gasteiger partial charge is 0.321 e. The maximum atomic E-state index is 11.8. The Morgan fingerprint density at radius 2 is 1.78 bits per heavy atom. The third kappa shape index (κ3) is 5.49. The average molecular weight is 255 g/mol. The largest absolute Gasteiger partial charge is 0.338 e. The first-order chi connectivity index (χ1) is 8.63. The molecule has 0 aromatic rings. The van der Waals surface area contributed by atoms with Crippen molar-refractivity contribution in [1.82, 2.24) is 16.0 Å². The van der Waals surface area contributed by atoms with Gasteiger partial charge in [-0.15, -0.1) is 0 Å². The predicted octanol–water partition coefficient (Wildman–Crippen LogP) is 1.53. The maximum Gasteiger partial charge on any atom is 0.321 e. The van der Waals surface area contributed by atoms with E-state index >= 15 is 0 Å². The van der Waals surface area contributed by atoms with Crippen LogP contribution in [0.4, 0.5) is 4.79 Å². The summed E-state index contributed by atoms with van der Waals surface area (Å²) in [4.78, 5) is 23.0. The number of imide groups is 1. The van der Waals surface area contributed by atoms with E-state index in [1.54, 1.807) is 6.92 Å². The molecular formula is C13H25N3O2. The molecule has 1 aliphatic carbocycles. The van der Waals surface area contributed by atoms with E-state index in [4.69, 9.17) is 0 Å². The summed E-state index contributed by atoms with van der Waals surface area (Å²) in [6, 6.07) is -0.338. The average Bonchev–Trinajstić information content (AvgIpc) is 2.57. The molecule has 0 heterocycles. The van der Waals surface area contributed by atoms with Gasteiger partial charge in [0.2, 0.25) is 5.91 Å². The van der Waals surface area contributed by atoms with Crippen LogP contribution in [0.5, 0.6) is 0 Å². The number of hydrogen-bond acceptors (Lipinski definition) is 3. The zero-order valence-corrected chi connectivity index (χ0v) is 11.4. The highest BCUT2D eigenvalue weighted by Gasteiger charge is 2.20. The van der Waals surface area contributed by atoms with Crippen LogP contribution in [0.1, 0.15) is 52.4 Å². The summed E-state index contributed by atoms with van der Waals surface area (Å²) in [7, 11) is 0. The Kier molecular flexibility index (Phi) is 6.72. The SMILES string of the molecule is CCNC(=O)NC(=O)C(C)NC1CCCCCC1. The molecular weight excluding hydrogens is 230 g/mol. The molecule has 1 saturated carbocycles. The molecule has 0 saturated heterocycles. The zero-order valence-electron chi connectivity index (χ0n) is 11.4. The Morgan fingerprint density at radius 1 is 1.17 bits per heavy atom. The van der Waals surface area contributed by atoms with E-state index in [2.05, 4.69) is 16.0 Å². The fourth-order valence-electron chi connectivity index (χ4n) is 2.30. The maximum absolute atomic E-state index is 11.8. The number of urea groups is 1. The Bertz CT molecular complexity index is 273. The first-order valence-corrected chi connectivity index (χ1v) is 6.98. The standard InChI is InChI=1S/C13H25N3O2/c1-3-14-13(18)16-12(17)10(2)15-11-8-6-4-5-7-9-11/h10-11,15H,3-9H2,1-2H3,(H2,14,16,17,18). The summed E-state index contributed by atoms with van der Waals surface area (Å²) in [6.07, 6.45) is 7.28. The van der Waals surface area contributed by atoms with E-state index in [0.29, 0.717) is 12.6 Å². The van der Waals surface area contributed by atoms with Gasteiger partial charge < -0.3 is 10.6 Å². The Labute approximate surface area is 109 Å². The molecule has 1 atom stereocenters. The lowest BCUT2D eigenvalue weighted by Gasteiger charge is -2.21. The van der Waals surface area contributed by atoms with E-state index in [0.717, 1.165) is 12.8 Å². The summed E-state index contributed by atoms with van der Waals surface area (Å²) in [5.74, 6) is -0.259. The minimum atomic E-state index is -0.419. The first-order valence-electron chi connectivity index (χ1n) is 6.98. The molecule has 1 unspecified atom stereocenters. The monoisotopic (exact) mass is 255 g/mol. The predicted molar refractivity (Wildman–Crippen MR) is 71.3 cm³/mol. The number of carbonyl (C=O) groups excluding carboxylic acids is 2. The van der Waals surface area contributed by atoms with Gasteiger partial charge in [0, 0.05) is 12.6 Å². The third-order valence-electron chi connectivity index (χ3n) is 3.31. The summed E-state index contributed by atoms with van der Waals surface area (Å²) < 4.78 is 0. The number of nitrogens with one attached hydrogen (secondary N) is 3. The first kappa shape index (κ1) is 15.0. The van der Waals surface area contributed by atoms with Crippen LogP contribution in [0.15, 0.2) is 0 Å². The summed E-state index contributed by atoms with van der Waals surface area (Å²) in [6.45, 7) is 4.14. The van der Waals surface area contributed by atoms with Crippen molar-refractivity contribution >= 4 is 11.9 Å². The van der Waals surface area contributed by atoms with E-state index in [1.165, 1.54) is 25.7 Å². The summed E-state index contributed by atoms with van der Waals surface area (Å²) in [5, 5.41) is 8.19. The third-order valence-corrected chi connectivity index (χ3v) is 3.31. The molecule has 0 aliphatic heterocycles. The van der Waals surface area contributed by atoms with Gasteiger partial charge in [-0.2, -0.15) is 0 Å². The van der Waals surface area contributed by atoms with Crippen molar-refractivity contribution in [1.29, 1.82) is 0 Å². The lowest BCUT2D eigenvalue weighted by Crippen LogP contribution is -2.50. The molecule has 1 rings (SSSR count). The molecule has 5 nitrogen and oxygen atoms in total. The number of rotatable bonds is 4. The molecule has 18 heavy (non-hydrogen) atoms.